The SMILES string of the molecule is CC(C)(N)c1sc(N2CCOCC2)nc1C1CC1. The summed E-state index contributed by atoms with van der Waals surface area (Å²) in [5.74, 6) is 0.661. The molecule has 0 spiro atoms. The van der Waals surface area contributed by atoms with Crippen LogP contribution in [0.5, 0.6) is 0 Å². The van der Waals surface area contributed by atoms with Crippen LogP contribution in [-0.4, -0.2) is 31.3 Å². The number of hydrogen-bond acceptors (Lipinski definition) is 5. The standard InChI is InChI=1S/C13H21N3OS/c1-13(2,14)11-10(9-3-4-9)15-12(18-11)16-5-7-17-8-6-16/h9H,3-8,14H2,1-2H3. The van der Waals surface area contributed by atoms with Crippen molar-refractivity contribution in [2.45, 2.75) is 38.1 Å². The van der Waals surface area contributed by atoms with Crippen LogP contribution in [-0.2, 0) is 10.3 Å². The van der Waals surface area contributed by atoms with Crippen LogP contribution in [0, 0.1) is 0 Å². The van der Waals surface area contributed by atoms with Crippen molar-refractivity contribution in [3.05, 3.63) is 10.6 Å². The van der Waals surface area contributed by atoms with E-state index in [0.717, 1.165) is 31.4 Å². The molecule has 2 aliphatic rings. The van der Waals surface area contributed by atoms with E-state index in [0.29, 0.717) is 5.92 Å². The second-order valence-electron chi connectivity index (χ2n) is 5.81. The topological polar surface area (TPSA) is 51.4 Å². The molecule has 0 atom stereocenters. The molecule has 2 heterocycles. The van der Waals surface area contributed by atoms with Crippen LogP contribution in [0.2, 0.25) is 0 Å². The summed E-state index contributed by atoms with van der Waals surface area (Å²) in [6, 6.07) is 0. The minimum absolute atomic E-state index is 0.278. The van der Waals surface area contributed by atoms with E-state index in [2.05, 4.69) is 18.7 Å². The van der Waals surface area contributed by atoms with Gasteiger partial charge in [-0.2, -0.15) is 0 Å². The lowest BCUT2D eigenvalue weighted by atomic mass is 10.0. The fraction of sp³-hybridized carbons (Fsp3) is 0.769. The van der Waals surface area contributed by atoms with Gasteiger partial charge in [0.2, 0.25) is 0 Å². The zero-order valence-corrected chi connectivity index (χ0v) is 11.9. The third kappa shape index (κ3) is 2.39. The van der Waals surface area contributed by atoms with Gasteiger partial charge in [0.15, 0.2) is 5.13 Å². The molecule has 18 heavy (non-hydrogen) atoms. The first-order valence-corrected chi connectivity index (χ1v) is 7.50. The molecular formula is C13H21N3OS. The second-order valence-corrected chi connectivity index (χ2v) is 6.78. The molecule has 1 aromatic heterocycles. The highest BCUT2D eigenvalue weighted by Crippen LogP contribution is 2.46. The summed E-state index contributed by atoms with van der Waals surface area (Å²) in [6.07, 6.45) is 2.55. The predicted octanol–water partition coefficient (Wildman–Crippen LogP) is 2.05. The number of nitrogens with two attached hydrogens (primary N) is 1. The Morgan fingerprint density at radius 1 is 1.33 bits per heavy atom. The van der Waals surface area contributed by atoms with Gasteiger partial charge in [-0.1, -0.05) is 11.3 Å². The summed E-state index contributed by atoms with van der Waals surface area (Å²) >= 11 is 1.78. The highest BCUT2D eigenvalue weighted by atomic mass is 32.1. The molecule has 1 aliphatic carbocycles. The largest absolute Gasteiger partial charge is 0.378 e. The first kappa shape index (κ1) is 12.4. The number of ether oxygens (including phenoxy) is 1. The number of rotatable bonds is 3. The monoisotopic (exact) mass is 267 g/mol. The number of hydrogen-bond donors (Lipinski definition) is 1. The van der Waals surface area contributed by atoms with E-state index in [9.17, 15) is 0 Å². The first-order valence-electron chi connectivity index (χ1n) is 6.68. The van der Waals surface area contributed by atoms with E-state index in [4.69, 9.17) is 15.5 Å². The molecule has 2 fully saturated rings. The van der Waals surface area contributed by atoms with Crippen LogP contribution in [0.4, 0.5) is 5.13 Å². The second kappa shape index (κ2) is 4.47. The van der Waals surface area contributed by atoms with E-state index in [-0.39, 0.29) is 5.54 Å². The molecule has 0 amide bonds. The van der Waals surface area contributed by atoms with E-state index in [1.807, 2.05) is 0 Å². The highest BCUT2D eigenvalue weighted by molar-refractivity contribution is 7.15. The summed E-state index contributed by atoms with van der Waals surface area (Å²) in [5.41, 5.74) is 7.27. The maximum absolute atomic E-state index is 6.29. The average Bonchev–Trinajstić information content (AvgIpc) is 3.07. The molecule has 5 heteroatoms. The Labute approximate surface area is 112 Å². The zero-order valence-electron chi connectivity index (χ0n) is 11.1. The van der Waals surface area contributed by atoms with Crippen molar-refractivity contribution in [1.29, 1.82) is 0 Å². The molecule has 2 N–H and O–H groups in total. The number of nitrogens with zero attached hydrogens (tertiary/aromatic N) is 2. The van der Waals surface area contributed by atoms with Crippen LogP contribution in [0.1, 0.15) is 43.2 Å². The van der Waals surface area contributed by atoms with Gasteiger partial charge in [0.1, 0.15) is 0 Å². The number of anilines is 1. The average molecular weight is 267 g/mol. The van der Waals surface area contributed by atoms with Gasteiger partial charge in [-0.3, -0.25) is 0 Å². The summed E-state index contributed by atoms with van der Waals surface area (Å²) in [5, 5.41) is 1.13. The smallest absolute Gasteiger partial charge is 0.186 e. The fourth-order valence-electron chi connectivity index (χ4n) is 2.31. The van der Waals surface area contributed by atoms with Crippen molar-refractivity contribution in [3.8, 4) is 0 Å². The summed E-state index contributed by atoms with van der Waals surface area (Å²) in [7, 11) is 0. The van der Waals surface area contributed by atoms with Gasteiger partial charge in [-0.15, -0.1) is 0 Å². The Hall–Kier alpha value is -0.650. The Kier molecular flexibility index (Phi) is 3.08. The third-order valence-corrected chi connectivity index (χ3v) is 4.94. The van der Waals surface area contributed by atoms with Crippen LogP contribution in [0.3, 0.4) is 0 Å². The van der Waals surface area contributed by atoms with Crippen LogP contribution < -0.4 is 10.6 Å². The molecule has 1 aromatic rings. The van der Waals surface area contributed by atoms with Gasteiger partial charge >= 0.3 is 0 Å². The quantitative estimate of drug-likeness (QED) is 0.910. The van der Waals surface area contributed by atoms with Gasteiger partial charge in [-0.05, 0) is 26.7 Å². The minimum Gasteiger partial charge on any atom is -0.378 e. The van der Waals surface area contributed by atoms with E-state index < -0.39 is 0 Å². The molecule has 0 bridgehead atoms. The van der Waals surface area contributed by atoms with Gasteiger partial charge in [0.05, 0.1) is 18.9 Å². The maximum Gasteiger partial charge on any atom is 0.186 e. The lowest BCUT2D eigenvalue weighted by Gasteiger charge is -2.26. The van der Waals surface area contributed by atoms with Gasteiger partial charge < -0.3 is 15.4 Å². The van der Waals surface area contributed by atoms with E-state index >= 15 is 0 Å². The van der Waals surface area contributed by atoms with Crippen molar-refractivity contribution in [2.24, 2.45) is 5.73 Å². The Morgan fingerprint density at radius 3 is 2.56 bits per heavy atom. The van der Waals surface area contributed by atoms with Crippen LogP contribution in [0.25, 0.3) is 0 Å². The number of morpholine rings is 1. The molecule has 1 saturated carbocycles. The summed E-state index contributed by atoms with van der Waals surface area (Å²) in [4.78, 5) is 8.47. The predicted molar refractivity (Wildman–Crippen MR) is 74.3 cm³/mol. The van der Waals surface area contributed by atoms with Crippen molar-refractivity contribution in [2.75, 3.05) is 31.2 Å². The maximum atomic E-state index is 6.29. The van der Waals surface area contributed by atoms with E-state index in [1.165, 1.54) is 23.4 Å². The Morgan fingerprint density at radius 2 is 2.00 bits per heavy atom. The Bertz CT molecular complexity index is 428. The van der Waals surface area contributed by atoms with Crippen molar-refractivity contribution in [3.63, 3.8) is 0 Å². The first-order chi connectivity index (χ1) is 8.55. The van der Waals surface area contributed by atoms with Crippen molar-refractivity contribution >= 4 is 16.5 Å². The normalized spacial score (nSPS) is 21.4. The lowest BCUT2D eigenvalue weighted by Crippen LogP contribution is -2.36. The van der Waals surface area contributed by atoms with Gasteiger partial charge in [0, 0.05) is 29.4 Å². The van der Waals surface area contributed by atoms with E-state index in [1.54, 1.807) is 11.3 Å². The fourth-order valence-corrected chi connectivity index (χ4v) is 3.52. The van der Waals surface area contributed by atoms with Crippen molar-refractivity contribution < 1.29 is 4.74 Å². The van der Waals surface area contributed by atoms with Crippen molar-refractivity contribution in [1.82, 2.24) is 4.98 Å². The zero-order chi connectivity index (χ0) is 12.8. The molecule has 100 valence electrons. The third-order valence-electron chi connectivity index (χ3n) is 3.47. The van der Waals surface area contributed by atoms with Gasteiger partial charge in [-0.25, -0.2) is 4.98 Å². The highest BCUT2D eigenvalue weighted by Gasteiger charge is 2.34. The van der Waals surface area contributed by atoms with Crippen LogP contribution >= 0.6 is 11.3 Å². The molecule has 0 unspecified atom stereocenters. The summed E-state index contributed by atoms with van der Waals surface area (Å²) < 4.78 is 5.40. The lowest BCUT2D eigenvalue weighted by molar-refractivity contribution is 0.122. The molecule has 0 radical (unpaired) electrons. The molecule has 0 aromatic carbocycles. The molecule has 4 nitrogen and oxygen atoms in total. The molecule has 1 aliphatic heterocycles. The number of aromatic nitrogens is 1. The summed E-state index contributed by atoms with van der Waals surface area (Å²) in [6.45, 7) is 7.66. The van der Waals surface area contributed by atoms with Gasteiger partial charge in [0.25, 0.3) is 0 Å². The molecule has 1 saturated heterocycles. The molecule has 3 rings (SSSR count). The minimum atomic E-state index is -0.278. The molecular weight excluding hydrogens is 246 g/mol. The number of thiazole rings is 1. The Balaban J connectivity index is 1.91. The van der Waals surface area contributed by atoms with Crippen LogP contribution in [0.15, 0.2) is 0 Å².